The molecule has 0 aromatic carbocycles. The molecule has 0 saturated carbocycles. The van der Waals surface area contributed by atoms with E-state index in [9.17, 15) is 14.7 Å². The van der Waals surface area contributed by atoms with Gasteiger partial charge in [0.2, 0.25) is 11.7 Å². The molecule has 0 radical (unpaired) electrons. The van der Waals surface area contributed by atoms with Gasteiger partial charge >= 0.3 is 0 Å². The highest BCUT2D eigenvalue weighted by atomic mass is 28.3. The highest BCUT2D eigenvalue weighted by molar-refractivity contribution is 6.80. The molecule has 1 amide bonds. The molecule has 1 rings (SSSR count). The van der Waals surface area contributed by atoms with Crippen LogP contribution in [0, 0.1) is 5.92 Å². The summed E-state index contributed by atoms with van der Waals surface area (Å²) >= 11 is 0. The molecule has 0 aromatic rings. The summed E-state index contributed by atoms with van der Waals surface area (Å²) in [4.78, 5) is 24.2. The van der Waals surface area contributed by atoms with Crippen molar-refractivity contribution in [3.63, 3.8) is 0 Å². The molecule has 1 saturated heterocycles. The van der Waals surface area contributed by atoms with Crippen molar-refractivity contribution < 1.29 is 24.2 Å². The first kappa shape index (κ1) is 20.3. The van der Waals surface area contributed by atoms with Gasteiger partial charge in [-0.25, -0.2) is 0 Å². The van der Waals surface area contributed by atoms with E-state index in [4.69, 9.17) is 9.47 Å². The second-order valence-corrected chi connectivity index (χ2v) is 12.8. The number of nitrogens with zero attached hydrogens (tertiary/aromatic N) is 1. The van der Waals surface area contributed by atoms with Gasteiger partial charge in [0, 0.05) is 33.3 Å². The fraction of sp³-hybridized carbons (Fsp3) is 0.875. The number of aldehydes is 1. The number of hydrogen-bond donors (Lipinski definition) is 1. The molecule has 0 bridgehead atoms. The molecule has 7 heteroatoms. The van der Waals surface area contributed by atoms with E-state index in [1.165, 1.54) is 14.2 Å². The van der Waals surface area contributed by atoms with Crippen molar-refractivity contribution in [3.8, 4) is 0 Å². The third-order valence-electron chi connectivity index (χ3n) is 5.59. The van der Waals surface area contributed by atoms with E-state index in [-0.39, 0.29) is 35.9 Å². The van der Waals surface area contributed by atoms with E-state index in [1.807, 2.05) is 4.57 Å². The van der Waals surface area contributed by atoms with E-state index in [2.05, 4.69) is 33.9 Å². The SMILES string of the molecule is COC(C=O)(C[C@@H]1[C@H](CCO)C(=O)N1[Si](C)(C)C(C)(C)C)OC. The lowest BCUT2D eigenvalue weighted by atomic mass is 9.83. The van der Waals surface area contributed by atoms with Crippen molar-refractivity contribution in [2.75, 3.05) is 20.8 Å². The first-order chi connectivity index (χ1) is 10.5. The monoisotopic (exact) mass is 345 g/mol. The number of carbonyl (C=O) groups excluding carboxylic acids is 2. The number of hydrogen-bond acceptors (Lipinski definition) is 5. The average molecular weight is 346 g/mol. The Bertz CT molecular complexity index is 442. The molecule has 23 heavy (non-hydrogen) atoms. The van der Waals surface area contributed by atoms with Gasteiger partial charge in [-0.3, -0.25) is 9.59 Å². The van der Waals surface area contributed by atoms with Crippen LogP contribution in [-0.4, -0.2) is 62.8 Å². The van der Waals surface area contributed by atoms with Crippen molar-refractivity contribution >= 4 is 20.4 Å². The second kappa shape index (κ2) is 7.00. The summed E-state index contributed by atoms with van der Waals surface area (Å²) in [6.07, 6.45) is 1.33. The molecule has 0 aliphatic carbocycles. The predicted octanol–water partition coefficient (Wildman–Crippen LogP) is 1.78. The molecule has 1 heterocycles. The van der Waals surface area contributed by atoms with E-state index in [0.29, 0.717) is 12.7 Å². The molecular weight excluding hydrogens is 314 g/mol. The fourth-order valence-electron chi connectivity index (χ4n) is 3.03. The fourth-order valence-corrected chi connectivity index (χ4v) is 5.57. The Morgan fingerprint density at radius 2 is 1.78 bits per heavy atom. The Balaban J connectivity index is 3.15. The van der Waals surface area contributed by atoms with Gasteiger partial charge in [-0.2, -0.15) is 0 Å². The quantitative estimate of drug-likeness (QED) is 0.314. The first-order valence-electron chi connectivity index (χ1n) is 8.02. The molecular formula is C16H31NO5Si. The van der Waals surface area contributed by atoms with Gasteiger partial charge in [0.05, 0.1) is 5.92 Å². The Labute approximate surface area is 140 Å². The molecule has 2 atom stereocenters. The van der Waals surface area contributed by atoms with Gasteiger partial charge < -0.3 is 19.1 Å². The minimum Gasteiger partial charge on any atom is -0.396 e. The highest BCUT2D eigenvalue weighted by Crippen LogP contribution is 2.47. The molecule has 1 aliphatic heterocycles. The minimum atomic E-state index is -2.08. The van der Waals surface area contributed by atoms with Gasteiger partial charge in [-0.05, 0) is 11.5 Å². The number of aliphatic hydroxyl groups is 1. The Hall–Kier alpha value is -0.763. The van der Waals surface area contributed by atoms with Crippen molar-refractivity contribution in [1.29, 1.82) is 0 Å². The zero-order chi connectivity index (χ0) is 18.1. The zero-order valence-corrected chi connectivity index (χ0v) is 16.4. The lowest BCUT2D eigenvalue weighted by molar-refractivity contribution is -0.210. The number of β-lactam (4-membered cyclic amide) rings is 1. The molecule has 1 aliphatic rings. The standard InChI is InChI=1S/C16H31NO5Si/c1-15(2,3)23(6,7)17-13(12(8-9-18)14(17)20)10-16(11-19,21-4)22-5/h11-13,18H,8-10H2,1-7H3/t12-,13+/m0/s1. The maximum atomic E-state index is 12.7. The summed E-state index contributed by atoms with van der Waals surface area (Å²) in [5.74, 6) is -1.55. The number of carbonyl (C=O) groups is 2. The van der Waals surface area contributed by atoms with Crippen LogP contribution in [0.1, 0.15) is 33.6 Å². The number of rotatable bonds is 8. The van der Waals surface area contributed by atoms with Crippen molar-refractivity contribution in [3.05, 3.63) is 0 Å². The molecule has 0 unspecified atom stereocenters. The minimum absolute atomic E-state index is 0.00488. The summed E-state index contributed by atoms with van der Waals surface area (Å²) in [6.45, 7) is 10.7. The van der Waals surface area contributed by atoms with E-state index < -0.39 is 14.0 Å². The first-order valence-corrected chi connectivity index (χ1v) is 11.0. The number of methoxy groups -OCH3 is 2. The lowest BCUT2D eigenvalue weighted by Gasteiger charge is -2.59. The van der Waals surface area contributed by atoms with Gasteiger partial charge in [-0.1, -0.05) is 33.9 Å². The van der Waals surface area contributed by atoms with Gasteiger partial charge in [-0.15, -0.1) is 0 Å². The molecule has 1 N–H and O–H groups in total. The van der Waals surface area contributed by atoms with E-state index in [0.717, 1.165) is 0 Å². The normalized spacial score (nSPS) is 23.0. The summed E-state index contributed by atoms with van der Waals surface area (Å²) in [7, 11) is 0.772. The van der Waals surface area contributed by atoms with Crippen molar-refractivity contribution in [2.24, 2.45) is 5.92 Å². The van der Waals surface area contributed by atoms with Crippen LogP contribution >= 0.6 is 0 Å². The lowest BCUT2D eigenvalue weighted by Crippen LogP contribution is -2.74. The molecule has 0 spiro atoms. The molecule has 1 fully saturated rings. The van der Waals surface area contributed by atoms with Gasteiger partial charge in [0.1, 0.15) is 0 Å². The topological polar surface area (TPSA) is 76.1 Å². The van der Waals surface area contributed by atoms with Crippen molar-refractivity contribution in [2.45, 2.75) is 63.6 Å². The summed E-state index contributed by atoms with van der Waals surface area (Å²) in [5.41, 5.74) is 0. The van der Waals surface area contributed by atoms with Crippen LogP contribution in [0.2, 0.25) is 18.1 Å². The maximum Gasteiger partial charge on any atom is 0.227 e. The number of aliphatic hydroxyl groups excluding tert-OH is 1. The third-order valence-corrected chi connectivity index (χ3v) is 11.0. The van der Waals surface area contributed by atoms with Crippen LogP contribution in [0.5, 0.6) is 0 Å². The number of ether oxygens (including phenoxy) is 2. The van der Waals surface area contributed by atoms with Gasteiger partial charge in [0.25, 0.3) is 0 Å². The maximum absolute atomic E-state index is 12.7. The molecule has 0 aromatic heterocycles. The average Bonchev–Trinajstić information content (AvgIpc) is 2.48. The predicted molar refractivity (Wildman–Crippen MR) is 90.5 cm³/mol. The van der Waals surface area contributed by atoms with E-state index >= 15 is 0 Å². The van der Waals surface area contributed by atoms with Crippen LogP contribution in [0.15, 0.2) is 0 Å². The third kappa shape index (κ3) is 3.52. The van der Waals surface area contributed by atoms with Crippen LogP contribution in [0.4, 0.5) is 0 Å². The highest BCUT2D eigenvalue weighted by Gasteiger charge is 2.58. The smallest absolute Gasteiger partial charge is 0.227 e. The van der Waals surface area contributed by atoms with Crippen LogP contribution < -0.4 is 0 Å². The molecule has 134 valence electrons. The Kier molecular flexibility index (Phi) is 6.18. The van der Waals surface area contributed by atoms with Crippen LogP contribution in [-0.2, 0) is 19.1 Å². The Morgan fingerprint density at radius 3 is 2.13 bits per heavy atom. The van der Waals surface area contributed by atoms with Gasteiger partial charge in [0.15, 0.2) is 14.5 Å². The van der Waals surface area contributed by atoms with E-state index in [1.54, 1.807) is 0 Å². The zero-order valence-electron chi connectivity index (χ0n) is 15.4. The van der Waals surface area contributed by atoms with Crippen LogP contribution in [0.3, 0.4) is 0 Å². The summed E-state index contributed by atoms with van der Waals surface area (Å²) in [6, 6.07) is -0.152. The summed E-state index contributed by atoms with van der Waals surface area (Å²) in [5, 5.41) is 9.26. The second-order valence-electron chi connectivity index (χ2n) is 7.75. The van der Waals surface area contributed by atoms with Crippen LogP contribution in [0.25, 0.3) is 0 Å². The van der Waals surface area contributed by atoms with Crippen molar-refractivity contribution in [1.82, 2.24) is 4.57 Å². The molecule has 6 nitrogen and oxygen atoms in total. The Morgan fingerprint density at radius 1 is 1.26 bits per heavy atom. The summed E-state index contributed by atoms with van der Waals surface area (Å²) < 4.78 is 12.5. The number of amides is 1. The largest absolute Gasteiger partial charge is 0.396 e.